The first kappa shape index (κ1) is 11.9. The monoisotopic (exact) mass is 229 g/mol. The van der Waals surface area contributed by atoms with Gasteiger partial charge in [0.1, 0.15) is 0 Å². The largest absolute Gasteiger partial charge is 0.330 e. The van der Waals surface area contributed by atoms with Crippen LogP contribution in [0.5, 0.6) is 0 Å². The molecule has 1 rings (SSSR count). The van der Waals surface area contributed by atoms with Crippen LogP contribution in [-0.2, 0) is 12.8 Å². The van der Waals surface area contributed by atoms with Crippen molar-refractivity contribution in [1.82, 2.24) is 0 Å². The zero-order valence-corrected chi connectivity index (χ0v) is 10.2. The second-order valence-electron chi connectivity index (χ2n) is 3.11. The Morgan fingerprint density at radius 3 is 2.64 bits per heavy atom. The van der Waals surface area contributed by atoms with Crippen molar-refractivity contribution in [3.05, 3.63) is 28.3 Å². The van der Waals surface area contributed by atoms with Crippen molar-refractivity contribution in [3.8, 4) is 0 Å². The number of aryl methyl sites for hydroxylation is 1. The van der Waals surface area contributed by atoms with Gasteiger partial charge in [0.05, 0.1) is 5.02 Å². The van der Waals surface area contributed by atoms with E-state index in [0.29, 0.717) is 6.54 Å². The third-order valence-electron chi connectivity index (χ3n) is 2.29. The van der Waals surface area contributed by atoms with Gasteiger partial charge in [-0.2, -0.15) is 0 Å². The Morgan fingerprint density at radius 2 is 2.14 bits per heavy atom. The molecule has 2 N–H and O–H groups in total. The lowest BCUT2D eigenvalue weighted by molar-refractivity contribution is 0.913. The van der Waals surface area contributed by atoms with Gasteiger partial charge in [-0.15, -0.1) is 11.8 Å². The fourth-order valence-electron chi connectivity index (χ4n) is 1.61. The smallest absolute Gasteiger partial charge is 0.0544 e. The average Bonchev–Trinajstić information content (AvgIpc) is 2.19. The van der Waals surface area contributed by atoms with Crippen LogP contribution in [0.4, 0.5) is 0 Å². The average molecular weight is 230 g/mol. The van der Waals surface area contributed by atoms with Crippen molar-refractivity contribution in [2.24, 2.45) is 5.73 Å². The minimum absolute atomic E-state index is 0.681. The zero-order chi connectivity index (χ0) is 10.6. The summed E-state index contributed by atoms with van der Waals surface area (Å²) in [5.74, 6) is 0. The Bertz CT molecular complexity index is 312. The van der Waals surface area contributed by atoms with Gasteiger partial charge in [-0.25, -0.2) is 0 Å². The zero-order valence-electron chi connectivity index (χ0n) is 8.64. The topological polar surface area (TPSA) is 26.0 Å². The van der Waals surface area contributed by atoms with Crippen LogP contribution >= 0.6 is 23.4 Å². The number of rotatable bonds is 4. The number of benzene rings is 1. The molecule has 0 spiro atoms. The summed E-state index contributed by atoms with van der Waals surface area (Å²) in [5, 5.41) is 0.846. The van der Waals surface area contributed by atoms with Gasteiger partial charge in [0.15, 0.2) is 0 Å². The lowest BCUT2D eigenvalue weighted by atomic mass is 10.0. The highest BCUT2D eigenvalue weighted by Gasteiger charge is 2.09. The molecule has 1 aromatic rings. The number of halogens is 1. The first-order valence-corrected chi connectivity index (χ1v) is 6.39. The molecule has 0 aliphatic rings. The second-order valence-corrected chi connectivity index (χ2v) is 4.33. The Morgan fingerprint density at radius 1 is 1.43 bits per heavy atom. The highest BCUT2D eigenvalue weighted by molar-refractivity contribution is 7.98. The number of nitrogens with two attached hydrogens (primary N) is 1. The highest BCUT2D eigenvalue weighted by atomic mass is 35.5. The highest BCUT2D eigenvalue weighted by Crippen LogP contribution is 2.31. The van der Waals surface area contributed by atoms with Crippen LogP contribution < -0.4 is 5.73 Å². The van der Waals surface area contributed by atoms with E-state index in [0.717, 1.165) is 17.9 Å². The van der Waals surface area contributed by atoms with E-state index in [1.165, 1.54) is 16.0 Å². The van der Waals surface area contributed by atoms with Gasteiger partial charge < -0.3 is 5.73 Å². The van der Waals surface area contributed by atoms with E-state index in [1.54, 1.807) is 11.8 Å². The Balaban J connectivity index is 3.21. The van der Waals surface area contributed by atoms with E-state index < -0.39 is 0 Å². The van der Waals surface area contributed by atoms with E-state index in [2.05, 4.69) is 19.2 Å². The molecule has 0 aromatic heterocycles. The van der Waals surface area contributed by atoms with E-state index in [1.807, 2.05) is 6.07 Å². The maximum atomic E-state index is 6.13. The molecular formula is C11H16ClNS. The van der Waals surface area contributed by atoms with Gasteiger partial charge in [-0.05, 0) is 42.8 Å². The third-order valence-corrected chi connectivity index (χ3v) is 3.59. The molecule has 0 atom stereocenters. The standard InChI is InChI=1S/C11H16ClNS/c1-3-8-4-5-10(12)11(14-2)9(8)6-7-13/h4-5H,3,6-7,13H2,1-2H3. The molecule has 1 aromatic carbocycles. The van der Waals surface area contributed by atoms with E-state index in [4.69, 9.17) is 17.3 Å². The maximum absolute atomic E-state index is 6.13. The molecule has 14 heavy (non-hydrogen) atoms. The summed E-state index contributed by atoms with van der Waals surface area (Å²) >= 11 is 7.84. The van der Waals surface area contributed by atoms with Crippen molar-refractivity contribution in [1.29, 1.82) is 0 Å². The Kier molecular flexibility index (Phi) is 4.79. The predicted molar refractivity (Wildman–Crippen MR) is 65.4 cm³/mol. The lowest BCUT2D eigenvalue weighted by Gasteiger charge is -2.13. The van der Waals surface area contributed by atoms with E-state index in [9.17, 15) is 0 Å². The second kappa shape index (κ2) is 5.64. The van der Waals surface area contributed by atoms with Gasteiger partial charge >= 0.3 is 0 Å². The van der Waals surface area contributed by atoms with E-state index >= 15 is 0 Å². The summed E-state index contributed by atoms with van der Waals surface area (Å²) in [6.07, 6.45) is 4.01. The molecule has 0 heterocycles. The summed E-state index contributed by atoms with van der Waals surface area (Å²) in [6, 6.07) is 4.08. The molecule has 0 amide bonds. The van der Waals surface area contributed by atoms with Crippen LogP contribution in [0.3, 0.4) is 0 Å². The third kappa shape index (κ3) is 2.44. The molecule has 78 valence electrons. The number of hydrogen-bond donors (Lipinski definition) is 1. The predicted octanol–water partition coefficient (Wildman–Crippen LogP) is 3.13. The first-order valence-electron chi connectivity index (χ1n) is 4.78. The molecule has 3 heteroatoms. The van der Waals surface area contributed by atoms with Crippen LogP contribution in [-0.4, -0.2) is 12.8 Å². The normalized spacial score (nSPS) is 10.6. The summed E-state index contributed by atoms with van der Waals surface area (Å²) in [4.78, 5) is 1.19. The summed E-state index contributed by atoms with van der Waals surface area (Å²) in [7, 11) is 0. The molecule has 0 aliphatic heterocycles. The van der Waals surface area contributed by atoms with Crippen LogP contribution in [0.1, 0.15) is 18.1 Å². The van der Waals surface area contributed by atoms with Crippen molar-refractivity contribution in [2.45, 2.75) is 24.7 Å². The van der Waals surface area contributed by atoms with Crippen molar-refractivity contribution >= 4 is 23.4 Å². The minimum atomic E-state index is 0.681. The lowest BCUT2D eigenvalue weighted by Crippen LogP contribution is -2.06. The van der Waals surface area contributed by atoms with Gasteiger partial charge in [0, 0.05) is 4.90 Å². The van der Waals surface area contributed by atoms with Crippen molar-refractivity contribution < 1.29 is 0 Å². The Labute approximate surface area is 95.0 Å². The number of hydrogen-bond acceptors (Lipinski definition) is 2. The van der Waals surface area contributed by atoms with Crippen LogP contribution in [0, 0.1) is 0 Å². The van der Waals surface area contributed by atoms with Crippen molar-refractivity contribution in [2.75, 3.05) is 12.8 Å². The van der Waals surface area contributed by atoms with E-state index in [-0.39, 0.29) is 0 Å². The van der Waals surface area contributed by atoms with Gasteiger partial charge in [-0.1, -0.05) is 24.6 Å². The van der Waals surface area contributed by atoms with Crippen LogP contribution in [0.2, 0.25) is 5.02 Å². The molecule has 0 radical (unpaired) electrons. The molecule has 0 fully saturated rings. The van der Waals surface area contributed by atoms with Crippen molar-refractivity contribution in [3.63, 3.8) is 0 Å². The minimum Gasteiger partial charge on any atom is -0.330 e. The first-order chi connectivity index (χ1) is 6.74. The maximum Gasteiger partial charge on any atom is 0.0544 e. The molecule has 0 unspecified atom stereocenters. The van der Waals surface area contributed by atoms with Gasteiger partial charge in [0.25, 0.3) is 0 Å². The molecule has 0 saturated carbocycles. The summed E-state index contributed by atoms with van der Waals surface area (Å²) in [6.45, 7) is 2.84. The quantitative estimate of drug-likeness (QED) is 0.803. The summed E-state index contributed by atoms with van der Waals surface area (Å²) < 4.78 is 0. The SMILES string of the molecule is CCc1ccc(Cl)c(SC)c1CCN. The fraction of sp³-hybridized carbons (Fsp3) is 0.455. The molecule has 1 nitrogen and oxygen atoms in total. The Hall–Kier alpha value is -0.180. The number of thioether (sulfide) groups is 1. The fourth-order valence-corrected chi connectivity index (χ4v) is 2.76. The summed E-state index contributed by atoms with van der Waals surface area (Å²) in [5.41, 5.74) is 8.30. The van der Waals surface area contributed by atoms with Gasteiger partial charge in [0.2, 0.25) is 0 Å². The van der Waals surface area contributed by atoms with Gasteiger partial charge in [-0.3, -0.25) is 0 Å². The van der Waals surface area contributed by atoms with Crippen LogP contribution in [0.15, 0.2) is 17.0 Å². The molecule has 0 aliphatic carbocycles. The molecular weight excluding hydrogens is 214 g/mol. The molecule has 0 saturated heterocycles. The van der Waals surface area contributed by atoms with Crippen LogP contribution in [0.25, 0.3) is 0 Å². The molecule has 0 bridgehead atoms.